The number of nitrogens with one attached hydrogen (secondary N) is 2. The van der Waals surface area contributed by atoms with E-state index < -0.39 is 13.9 Å². The van der Waals surface area contributed by atoms with E-state index in [0.717, 1.165) is 12.8 Å². The molecule has 0 rings (SSSR count). The molecular weight excluding hydrogens is 333 g/mol. The van der Waals surface area contributed by atoms with Gasteiger partial charge in [0.15, 0.2) is 0 Å². The molecule has 4 N–H and O–H groups in total. The average molecular weight is 359 g/mol. The van der Waals surface area contributed by atoms with Gasteiger partial charge in [-0.3, -0.25) is 14.7 Å². The zero-order valence-electron chi connectivity index (χ0n) is 13.0. The van der Waals surface area contributed by atoms with Gasteiger partial charge in [0.1, 0.15) is 0 Å². The second-order valence-electron chi connectivity index (χ2n) is 4.37. The van der Waals surface area contributed by atoms with E-state index in [2.05, 4.69) is 17.6 Å². The standard InChI is InChI=1S/C11H25N2O4P.2K/c1-2-3-4-5-6-7-8-13-11(14)9-12-10-18(15,16)17;;/h12H,2-10H2,1H3,(H,13,14)(H2,15,16,17);;. The van der Waals surface area contributed by atoms with Crippen molar-refractivity contribution in [2.75, 3.05) is 19.4 Å². The predicted octanol–water partition coefficient (Wildman–Crippen LogP) is 0.426. The van der Waals surface area contributed by atoms with E-state index in [9.17, 15) is 9.36 Å². The van der Waals surface area contributed by atoms with E-state index >= 15 is 0 Å². The Morgan fingerprint density at radius 1 is 1.05 bits per heavy atom. The topological polar surface area (TPSA) is 98.7 Å². The van der Waals surface area contributed by atoms with Crippen LogP contribution < -0.4 is 10.6 Å². The van der Waals surface area contributed by atoms with Gasteiger partial charge in [0, 0.05) is 109 Å². The number of rotatable bonds is 11. The van der Waals surface area contributed by atoms with Gasteiger partial charge in [-0.05, 0) is 6.42 Å². The second-order valence-corrected chi connectivity index (χ2v) is 6.01. The van der Waals surface area contributed by atoms with Crippen LogP contribution >= 0.6 is 7.60 Å². The molecule has 0 bridgehead atoms. The van der Waals surface area contributed by atoms with Crippen LogP contribution in [0.2, 0.25) is 0 Å². The van der Waals surface area contributed by atoms with E-state index in [0.29, 0.717) is 6.54 Å². The second kappa shape index (κ2) is 18.2. The van der Waals surface area contributed by atoms with Gasteiger partial charge in [-0.25, -0.2) is 0 Å². The van der Waals surface area contributed by atoms with E-state index in [4.69, 9.17) is 9.79 Å². The molecule has 0 aliphatic heterocycles. The van der Waals surface area contributed by atoms with Crippen molar-refractivity contribution in [3.05, 3.63) is 0 Å². The zero-order valence-corrected chi connectivity index (χ0v) is 20.2. The van der Waals surface area contributed by atoms with Crippen molar-refractivity contribution < 1.29 is 19.1 Å². The predicted molar refractivity (Wildman–Crippen MR) is 82.8 cm³/mol. The molecule has 0 saturated carbocycles. The van der Waals surface area contributed by atoms with Gasteiger partial charge in [-0.2, -0.15) is 0 Å². The molecule has 0 aromatic carbocycles. The van der Waals surface area contributed by atoms with Crippen molar-refractivity contribution in [2.45, 2.75) is 45.4 Å². The van der Waals surface area contributed by atoms with Crippen molar-refractivity contribution >= 4 is 116 Å². The Morgan fingerprint density at radius 3 is 2.15 bits per heavy atom. The summed E-state index contributed by atoms with van der Waals surface area (Å²) in [4.78, 5) is 28.4. The Hall–Kier alpha value is 2.85. The minimum atomic E-state index is -4.06. The van der Waals surface area contributed by atoms with Crippen LogP contribution in [0.1, 0.15) is 45.4 Å². The maximum atomic E-state index is 11.2. The molecule has 0 aliphatic carbocycles. The minimum absolute atomic E-state index is 0. The van der Waals surface area contributed by atoms with Crippen LogP contribution in [0, 0.1) is 0 Å². The van der Waals surface area contributed by atoms with Crippen LogP contribution in [0.25, 0.3) is 0 Å². The fourth-order valence-electron chi connectivity index (χ4n) is 1.51. The first kappa shape index (κ1) is 27.7. The molecule has 0 fully saturated rings. The fraction of sp³-hybridized carbons (Fsp3) is 0.909. The number of amides is 1. The molecule has 0 aliphatic rings. The van der Waals surface area contributed by atoms with E-state index in [-0.39, 0.29) is 115 Å². The summed E-state index contributed by atoms with van der Waals surface area (Å²) in [5, 5.41) is 5.12. The van der Waals surface area contributed by atoms with Crippen LogP contribution in [0.15, 0.2) is 0 Å². The summed E-state index contributed by atoms with van der Waals surface area (Å²) in [5.74, 6) is -0.225. The third kappa shape index (κ3) is 23.1. The van der Waals surface area contributed by atoms with Gasteiger partial charge < -0.3 is 15.1 Å². The van der Waals surface area contributed by atoms with Gasteiger partial charge in [-0.15, -0.1) is 0 Å². The molecule has 0 atom stereocenters. The Balaban J connectivity index is -0.00000144. The molecule has 9 heteroatoms. The van der Waals surface area contributed by atoms with Gasteiger partial charge in [0.2, 0.25) is 5.91 Å². The Bertz CT molecular complexity index is 277. The SMILES string of the molecule is CCCCCCCCNC(=O)CNCP(=O)(O)O.[K].[K]. The summed E-state index contributed by atoms with van der Waals surface area (Å²) in [7, 11) is -4.06. The summed E-state index contributed by atoms with van der Waals surface area (Å²) in [6, 6.07) is 0. The summed E-state index contributed by atoms with van der Waals surface area (Å²) in [6.45, 7) is 2.74. The number of unbranched alkanes of at least 4 members (excludes halogenated alkanes) is 5. The summed E-state index contributed by atoms with van der Waals surface area (Å²) < 4.78 is 10.5. The molecule has 0 unspecified atom stereocenters. The third-order valence-corrected chi connectivity index (χ3v) is 3.09. The molecular formula is C11H25K2N2O4P. The number of hydrogen-bond donors (Lipinski definition) is 4. The quantitative estimate of drug-likeness (QED) is 0.244. The maximum Gasteiger partial charge on any atom is 0.339 e. The van der Waals surface area contributed by atoms with Crippen LogP contribution in [0.5, 0.6) is 0 Å². The first-order chi connectivity index (χ1) is 8.45. The van der Waals surface area contributed by atoms with Crippen LogP contribution in [-0.4, -0.2) is 138 Å². The van der Waals surface area contributed by atoms with Crippen LogP contribution in [-0.2, 0) is 9.36 Å². The molecule has 6 nitrogen and oxygen atoms in total. The molecule has 2 radical (unpaired) electrons. The Morgan fingerprint density at radius 2 is 1.60 bits per heavy atom. The normalized spacial score (nSPS) is 10.3. The molecule has 0 aromatic heterocycles. The fourth-order valence-corrected chi connectivity index (χ4v) is 1.91. The Labute approximate surface area is 207 Å². The first-order valence-electron chi connectivity index (χ1n) is 6.47. The van der Waals surface area contributed by atoms with E-state index in [1.807, 2.05) is 0 Å². The monoisotopic (exact) mass is 358 g/mol. The molecule has 110 valence electrons. The average Bonchev–Trinajstić information content (AvgIpc) is 2.26. The van der Waals surface area contributed by atoms with Gasteiger partial charge in [-0.1, -0.05) is 39.0 Å². The number of carbonyl (C=O) groups excluding carboxylic acids is 1. The van der Waals surface area contributed by atoms with E-state index in [1.165, 1.54) is 25.7 Å². The first-order valence-corrected chi connectivity index (χ1v) is 8.27. The third-order valence-electron chi connectivity index (χ3n) is 2.46. The molecule has 1 amide bonds. The summed E-state index contributed by atoms with van der Waals surface area (Å²) in [6.07, 6.45) is 6.52. The molecule has 0 spiro atoms. The van der Waals surface area contributed by atoms with Crippen molar-refractivity contribution in [3.8, 4) is 0 Å². The largest absolute Gasteiger partial charge is 0.355 e. The maximum absolute atomic E-state index is 11.2. The van der Waals surface area contributed by atoms with Crippen LogP contribution in [0.3, 0.4) is 0 Å². The Kier molecular flexibility index (Phi) is 25.2. The summed E-state index contributed by atoms with van der Waals surface area (Å²) >= 11 is 0. The number of carbonyl (C=O) groups is 1. The van der Waals surface area contributed by atoms with Gasteiger partial charge in [0.25, 0.3) is 0 Å². The molecule has 20 heavy (non-hydrogen) atoms. The van der Waals surface area contributed by atoms with Crippen LogP contribution in [0.4, 0.5) is 0 Å². The summed E-state index contributed by atoms with van der Waals surface area (Å²) in [5.41, 5.74) is 0. The van der Waals surface area contributed by atoms with Crippen molar-refractivity contribution in [1.29, 1.82) is 0 Å². The molecule has 0 heterocycles. The van der Waals surface area contributed by atoms with Crippen molar-refractivity contribution in [1.82, 2.24) is 10.6 Å². The minimum Gasteiger partial charge on any atom is -0.355 e. The molecule has 0 aromatic rings. The molecule has 0 saturated heterocycles. The number of hydrogen-bond acceptors (Lipinski definition) is 3. The van der Waals surface area contributed by atoms with Gasteiger partial charge >= 0.3 is 7.60 Å². The van der Waals surface area contributed by atoms with E-state index in [1.54, 1.807) is 0 Å². The smallest absolute Gasteiger partial charge is 0.339 e. The van der Waals surface area contributed by atoms with Gasteiger partial charge in [0.05, 0.1) is 12.8 Å². The zero-order chi connectivity index (χ0) is 13.9. The van der Waals surface area contributed by atoms with Crippen molar-refractivity contribution in [3.63, 3.8) is 0 Å². The van der Waals surface area contributed by atoms with Crippen molar-refractivity contribution in [2.24, 2.45) is 0 Å².